The predicted molar refractivity (Wildman–Crippen MR) is 94.3 cm³/mol. The van der Waals surface area contributed by atoms with Crippen molar-refractivity contribution in [2.24, 2.45) is 0 Å². The Bertz CT molecular complexity index is 678. The molecule has 1 aromatic rings. The zero-order valence-electron chi connectivity index (χ0n) is 13.8. The number of rotatable bonds is 6. The Balaban J connectivity index is 0.00000288. The van der Waals surface area contributed by atoms with Gasteiger partial charge in [0, 0.05) is 45.2 Å². The van der Waals surface area contributed by atoms with Crippen LogP contribution in [0.1, 0.15) is 18.0 Å². The van der Waals surface area contributed by atoms with Crippen molar-refractivity contribution in [2.75, 3.05) is 40.3 Å². The smallest absolute Gasteiger partial charge is 0.282 e. The van der Waals surface area contributed by atoms with Crippen LogP contribution in [0, 0.1) is 11.3 Å². The van der Waals surface area contributed by atoms with E-state index in [1.165, 1.54) is 15.7 Å². The molecule has 1 aliphatic rings. The first-order chi connectivity index (χ1) is 11.0. The van der Waals surface area contributed by atoms with E-state index in [4.69, 9.17) is 10.00 Å². The highest BCUT2D eigenvalue weighted by Crippen LogP contribution is 2.32. The summed E-state index contributed by atoms with van der Waals surface area (Å²) in [6.07, 6.45) is 0.168. The minimum absolute atomic E-state index is 0. The number of nitriles is 1. The summed E-state index contributed by atoms with van der Waals surface area (Å²) < 4.78 is 33.8. The average Bonchev–Trinajstić information content (AvgIpc) is 2.59. The minimum atomic E-state index is -3.64. The van der Waals surface area contributed by atoms with Crippen LogP contribution < -0.4 is 10.1 Å². The summed E-state index contributed by atoms with van der Waals surface area (Å²) in [7, 11) is -0.552. The second kappa shape index (κ2) is 9.20. The third-order valence-electron chi connectivity index (χ3n) is 3.92. The number of nitrogens with zero attached hydrogens (tertiary/aromatic N) is 3. The van der Waals surface area contributed by atoms with Crippen LogP contribution in [0.2, 0.25) is 0 Å². The predicted octanol–water partition coefficient (Wildman–Crippen LogP) is 1.15. The zero-order chi connectivity index (χ0) is 16.9. The van der Waals surface area contributed by atoms with Gasteiger partial charge >= 0.3 is 0 Å². The average molecular weight is 375 g/mol. The molecule has 0 amide bonds. The molecular weight excluding hydrogens is 352 g/mol. The Labute approximate surface area is 149 Å². The van der Waals surface area contributed by atoms with Gasteiger partial charge in [0.1, 0.15) is 5.75 Å². The molecule has 2 rings (SSSR count). The van der Waals surface area contributed by atoms with Crippen molar-refractivity contribution in [2.45, 2.75) is 12.5 Å². The minimum Gasteiger partial charge on any atom is -0.496 e. The maximum absolute atomic E-state index is 12.8. The summed E-state index contributed by atoms with van der Waals surface area (Å²) in [5.74, 6) is 0.668. The van der Waals surface area contributed by atoms with E-state index in [9.17, 15) is 8.42 Å². The molecule has 1 heterocycles. The summed E-state index contributed by atoms with van der Waals surface area (Å²) in [6.45, 7) is 1.67. The van der Waals surface area contributed by atoms with Crippen molar-refractivity contribution >= 4 is 22.6 Å². The van der Waals surface area contributed by atoms with E-state index < -0.39 is 10.2 Å². The Morgan fingerprint density at radius 1 is 1.46 bits per heavy atom. The zero-order valence-corrected chi connectivity index (χ0v) is 15.4. The number of ether oxygens (including phenoxy) is 1. The normalized spacial score (nSPS) is 18.7. The molecule has 134 valence electrons. The van der Waals surface area contributed by atoms with Crippen molar-refractivity contribution in [1.82, 2.24) is 13.9 Å². The number of nitrogens with one attached hydrogen (secondary N) is 1. The van der Waals surface area contributed by atoms with Gasteiger partial charge in [0.05, 0.1) is 19.2 Å². The molecule has 24 heavy (non-hydrogen) atoms. The van der Waals surface area contributed by atoms with Gasteiger partial charge in [-0.2, -0.15) is 22.3 Å². The lowest BCUT2D eigenvalue weighted by atomic mass is 10.0. The lowest BCUT2D eigenvalue weighted by Crippen LogP contribution is -2.52. The van der Waals surface area contributed by atoms with E-state index in [0.717, 1.165) is 5.56 Å². The highest BCUT2D eigenvalue weighted by atomic mass is 35.5. The third-order valence-corrected chi connectivity index (χ3v) is 5.92. The molecule has 1 saturated heterocycles. The molecule has 1 fully saturated rings. The van der Waals surface area contributed by atoms with Gasteiger partial charge in [-0.25, -0.2) is 0 Å². The Morgan fingerprint density at radius 2 is 2.17 bits per heavy atom. The molecule has 7 nitrogen and oxygen atoms in total. The van der Waals surface area contributed by atoms with Crippen LogP contribution in [0.25, 0.3) is 0 Å². The van der Waals surface area contributed by atoms with Gasteiger partial charge in [0.2, 0.25) is 0 Å². The first-order valence-electron chi connectivity index (χ1n) is 7.46. The molecule has 1 N–H and O–H groups in total. The fourth-order valence-corrected chi connectivity index (χ4v) is 4.18. The molecule has 0 radical (unpaired) electrons. The van der Waals surface area contributed by atoms with Gasteiger partial charge in [-0.05, 0) is 6.07 Å². The Kier molecular flexibility index (Phi) is 7.93. The highest BCUT2D eigenvalue weighted by Gasteiger charge is 2.36. The summed E-state index contributed by atoms with van der Waals surface area (Å²) in [5.41, 5.74) is 0.833. The van der Waals surface area contributed by atoms with E-state index in [1.54, 1.807) is 7.11 Å². The summed E-state index contributed by atoms with van der Waals surface area (Å²) >= 11 is 0. The van der Waals surface area contributed by atoms with Gasteiger partial charge in [0.15, 0.2) is 0 Å². The SMILES string of the molecule is COc1ccccc1C1CNCCN1S(=O)(=O)N(C)CCC#N.Cl. The summed E-state index contributed by atoms with van der Waals surface area (Å²) in [5, 5.41) is 11.9. The van der Waals surface area contributed by atoms with Crippen LogP contribution in [-0.4, -0.2) is 57.4 Å². The van der Waals surface area contributed by atoms with Gasteiger partial charge in [-0.1, -0.05) is 18.2 Å². The van der Waals surface area contributed by atoms with Crippen LogP contribution >= 0.6 is 12.4 Å². The number of methoxy groups -OCH3 is 1. The van der Waals surface area contributed by atoms with Gasteiger partial charge in [-0.3, -0.25) is 0 Å². The van der Waals surface area contributed by atoms with Gasteiger partial charge < -0.3 is 10.1 Å². The molecule has 1 aliphatic heterocycles. The van der Waals surface area contributed by atoms with Crippen LogP contribution in [0.3, 0.4) is 0 Å². The van der Waals surface area contributed by atoms with Crippen molar-refractivity contribution < 1.29 is 13.2 Å². The van der Waals surface area contributed by atoms with E-state index >= 15 is 0 Å². The molecule has 0 spiro atoms. The van der Waals surface area contributed by atoms with E-state index in [0.29, 0.717) is 25.4 Å². The maximum atomic E-state index is 12.8. The molecule has 0 saturated carbocycles. The lowest BCUT2D eigenvalue weighted by molar-refractivity contribution is 0.248. The number of hydrogen-bond donors (Lipinski definition) is 1. The standard InChI is InChI=1S/C15H22N4O3S.ClH/c1-18(10-5-8-16)23(20,21)19-11-9-17-12-14(19)13-6-3-4-7-15(13)22-2;/h3-4,6-7,14,17H,5,9-12H2,1-2H3;1H. The number of piperazine rings is 1. The van der Waals surface area contributed by atoms with Crippen molar-refractivity contribution in [3.05, 3.63) is 29.8 Å². The summed E-state index contributed by atoms with van der Waals surface area (Å²) in [6, 6.07) is 9.08. The van der Waals surface area contributed by atoms with E-state index in [2.05, 4.69) is 5.32 Å². The first kappa shape index (κ1) is 20.7. The number of para-hydroxylation sites is 1. The second-order valence-electron chi connectivity index (χ2n) is 5.31. The Hall–Kier alpha value is -1.37. The fourth-order valence-electron chi connectivity index (χ4n) is 2.67. The van der Waals surface area contributed by atoms with E-state index in [-0.39, 0.29) is 31.4 Å². The first-order valence-corrected chi connectivity index (χ1v) is 8.85. The topological polar surface area (TPSA) is 85.7 Å². The maximum Gasteiger partial charge on any atom is 0.282 e. The largest absolute Gasteiger partial charge is 0.496 e. The van der Waals surface area contributed by atoms with Crippen LogP contribution in [0.4, 0.5) is 0 Å². The molecule has 9 heteroatoms. The van der Waals surface area contributed by atoms with E-state index in [1.807, 2.05) is 30.3 Å². The number of benzene rings is 1. The lowest BCUT2D eigenvalue weighted by Gasteiger charge is -2.37. The quantitative estimate of drug-likeness (QED) is 0.807. The summed E-state index contributed by atoms with van der Waals surface area (Å²) in [4.78, 5) is 0. The Morgan fingerprint density at radius 3 is 2.83 bits per heavy atom. The van der Waals surface area contributed by atoms with Crippen molar-refractivity contribution in [1.29, 1.82) is 5.26 Å². The fraction of sp³-hybridized carbons (Fsp3) is 0.533. The van der Waals surface area contributed by atoms with Crippen molar-refractivity contribution in [3.8, 4) is 11.8 Å². The second-order valence-corrected chi connectivity index (χ2v) is 7.30. The molecule has 0 aromatic heterocycles. The van der Waals surface area contributed by atoms with Crippen molar-refractivity contribution in [3.63, 3.8) is 0 Å². The van der Waals surface area contributed by atoms with Crippen LogP contribution in [-0.2, 0) is 10.2 Å². The van der Waals surface area contributed by atoms with Gasteiger partial charge in [0.25, 0.3) is 10.2 Å². The monoisotopic (exact) mass is 374 g/mol. The number of hydrogen-bond acceptors (Lipinski definition) is 5. The third kappa shape index (κ3) is 4.37. The molecule has 0 bridgehead atoms. The highest BCUT2D eigenvalue weighted by molar-refractivity contribution is 7.86. The molecule has 1 unspecified atom stereocenters. The van der Waals surface area contributed by atoms with Gasteiger partial charge in [-0.15, -0.1) is 12.4 Å². The molecule has 0 aliphatic carbocycles. The van der Waals surface area contributed by atoms with Crippen LogP contribution in [0.15, 0.2) is 24.3 Å². The molecule has 1 atom stereocenters. The molecule has 1 aromatic carbocycles. The number of halogens is 1. The van der Waals surface area contributed by atoms with Crippen LogP contribution in [0.5, 0.6) is 5.75 Å². The molecular formula is C15H23ClN4O3S.